The van der Waals surface area contributed by atoms with Crippen LogP contribution in [0.2, 0.25) is 0 Å². The highest BCUT2D eigenvalue weighted by molar-refractivity contribution is 7.99. The van der Waals surface area contributed by atoms with Gasteiger partial charge in [-0.05, 0) is 29.8 Å². The molecule has 0 aromatic carbocycles. The van der Waals surface area contributed by atoms with Gasteiger partial charge in [-0.15, -0.1) is 0 Å². The normalized spacial score (nSPS) is 39.8. The van der Waals surface area contributed by atoms with Crippen molar-refractivity contribution in [2.75, 3.05) is 11.5 Å². The maximum Gasteiger partial charge on any atom is -0.00416 e. The smallest absolute Gasteiger partial charge is 0.00416 e. The number of hydrogen-bond donors (Lipinski definition) is 0. The molecule has 1 rings (SSSR count). The summed E-state index contributed by atoms with van der Waals surface area (Å²) in [5.41, 5.74) is 0. The highest BCUT2D eigenvalue weighted by Gasteiger charge is 2.14. The van der Waals surface area contributed by atoms with E-state index in [-0.39, 0.29) is 0 Å². The van der Waals surface area contributed by atoms with Gasteiger partial charge in [0, 0.05) is 0 Å². The maximum atomic E-state index is 2.35. The molecular weight excluding hydrogens is 116 g/mol. The Balaban J connectivity index is 2.23. The van der Waals surface area contributed by atoms with E-state index >= 15 is 0 Å². The monoisotopic (exact) mass is 130 g/mol. The summed E-state index contributed by atoms with van der Waals surface area (Å²) in [5, 5.41) is 0. The largest absolute Gasteiger partial charge is 0.161 e. The van der Waals surface area contributed by atoms with Gasteiger partial charge in [0.25, 0.3) is 0 Å². The van der Waals surface area contributed by atoms with Crippen molar-refractivity contribution in [3.63, 3.8) is 0 Å². The third-order valence-corrected chi connectivity index (χ3v) is 3.22. The molecule has 0 bridgehead atoms. The predicted octanol–water partition coefficient (Wildman–Crippen LogP) is 2.40. The molecule has 0 saturated carbocycles. The van der Waals surface area contributed by atoms with Crippen LogP contribution in [0.15, 0.2) is 0 Å². The molecule has 0 radical (unpaired) electrons. The molecule has 0 aromatic heterocycles. The Kier molecular flexibility index (Phi) is 2.24. The van der Waals surface area contributed by atoms with Crippen LogP contribution in [0.4, 0.5) is 0 Å². The first-order valence-corrected chi connectivity index (χ1v) is 4.52. The average Bonchev–Trinajstić information content (AvgIpc) is 1.64. The fourth-order valence-electron chi connectivity index (χ4n) is 1.29. The minimum Gasteiger partial charge on any atom is -0.161 e. The van der Waals surface area contributed by atoms with Crippen molar-refractivity contribution in [1.29, 1.82) is 0 Å². The van der Waals surface area contributed by atoms with E-state index in [4.69, 9.17) is 0 Å². The van der Waals surface area contributed by atoms with E-state index in [1.807, 2.05) is 0 Å². The lowest BCUT2D eigenvalue weighted by Gasteiger charge is -2.22. The van der Waals surface area contributed by atoms with Crippen LogP contribution in [0.25, 0.3) is 0 Å². The zero-order valence-corrected chi connectivity index (χ0v) is 6.50. The molecule has 0 amide bonds. The third-order valence-electron chi connectivity index (χ3n) is 1.61. The van der Waals surface area contributed by atoms with Gasteiger partial charge in [-0.1, -0.05) is 13.8 Å². The fourth-order valence-corrected chi connectivity index (χ4v) is 2.51. The molecule has 8 heavy (non-hydrogen) atoms. The summed E-state index contributed by atoms with van der Waals surface area (Å²) < 4.78 is 0. The summed E-state index contributed by atoms with van der Waals surface area (Å²) in [7, 11) is 0. The van der Waals surface area contributed by atoms with Crippen LogP contribution < -0.4 is 0 Å². The Morgan fingerprint density at radius 2 is 1.62 bits per heavy atom. The Bertz CT molecular complexity index is 62.8. The molecule has 1 heteroatoms. The van der Waals surface area contributed by atoms with Gasteiger partial charge in [-0.3, -0.25) is 0 Å². The quantitative estimate of drug-likeness (QED) is 0.485. The van der Waals surface area contributed by atoms with E-state index in [0.717, 1.165) is 11.8 Å². The molecule has 1 saturated heterocycles. The van der Waals surface area contributed by atoms with Crippen molar-refractivity contribution < 1.29 is 0 Å². The lowest BCUT2D eigenvalue weighted by atomic mass is 10.0. The van der Waals surface area contributed by atoms with Gasteiger partial charge in [-0.2, -0.15) is 11.8 Å². The second kappa shape index (κ2) is 2.77. The molecule has 0 N–H and O–H groups in total. The summed E-state index contributed by atoms with van der Waals surface area (Å²) >= 11 is 2.11. The van der Waals surface area contributed by atoms with Gasteiger partial charge in [0.2, 0.25) is 0 Å². The molecule has 48 valence electrons. The SMILES string of the molecule is C[C@@H]1CSC[C@H](C)C1. The molecule has 1 fully saturated rings. The summed E-state index contributed by atoms with van der Waals surface area (Å²) in [6.07, 6.45) is 1.45. The second-order valence-electron chi connectivity index (χ2n) is 2.98. The molecule has 0 spiro atoms. The van der Waals surface area contributed by atoms with Gasteiger partial charge in [0.15, 0.2) is 0 Å². The van der Waals surface area contributed by atoms with Gasteiger partial charge >= 0.3 is 0 Å². The molecule has 0 aromatic rings. The number of rotatable bonds is 0. The first-order valence-electron chi connectivity index (χ1n) is 3.37. The maximum absolute atomic E-state index is 2.35. The second-order valence-corrected chi connectivity index (χ2v) is 4.06. The molecular formula is C7H14S. The summed E-state index contributed by atoms with van der Waals surface area (Å²) in [5.74, 6) is 4.74. The van der Waals surface area contributed by atoms with Gasteiger partial charge in [-0.25, -0.2) is 0 Å². The van der Waals surface area contributed by atoms with Crippen molar-refractivity contribution in [2.45, 2.75) is 20.3 Å². The van der Waals surface area contributed by atoms with E-state index in [1.54, 1.807) is 0 Å². The van der Waals surface area contributed by atoms with E-state index in [0.29, 0.717) is 0 Å². The Morgan fingerprint density at radius 3 is 1.88 bits per heavy atom. The zero-order valence-electron chi connectivity index (χ0n) is 5.68. The molecule has 1 heterocycles. The van der Waals surface area contributed by atoms with Gasteiger partial charge in [0.05, 0.1) is 0 Å². The molecule has 0 unspecified atom stereocenters. The summed E-state index contributed by atoms with van der Waals surface area (Å²) in [4.78, 5) is 0. The standard InChI is InChI=1S/C7H14S/c1-6-3-7(2)5-8-4-6/h6-7H,3-5H2,1-2H3/t6-,7+. The Hall–Kier alpha value is 0.350. The number of hydrogen-bond acceptors (Lipinski definition) is 1. The van der Waals surface area contributed by atoms with Crippen LogP contribution in [-0.4, -0.2) is 11.5 Å². The highest BCUT2D eigenvalue weighted by atomic mass is 32.2. The van der Waals surface area contributed by atoms with E-state index in [1.165, 1.54) is 17.9 Å². The van der Waals surface area contributed by atoms with Gasteiger partial charge in [0.1, 0.15) is 0 Å². The summed E-state index contributed by atoms with van der Waals surface area (Å²) in [6, 6.07) is 0. The summed E-state index contributed by atoms with van der Waals surface area (Å²) in [6.45, 7) is 4.70. The zero-order chi connectivity index (χ0) is 5.98. The molecule has 0 aliphatic carbocycles. The first-order chi connectivity index (χ1) is 3.79. The minimum absolute atomic E-state index is 0.976. The van der Waals surface area contributed by atoms with Crippen molar-refractivity contribution in [3.05, 3.63) is 0 Å². The Labute approximate surface area is 56.0 Å². The van der Waals surface area contributed by atoms with Crippen LogP contribution in [0, 0.1) is 11.8 Å². The molecule has 1 aliphatic heterocycles. The minimum atomic E-state index is 0.976. The molecule has 0 nitrogen and oxygen atoms in total. The highest BCUT2D eigenvalue weighted by Crippen LogP contribution is 2.26. The van der Waals surface area contributed by atoms with E-state index in [2.05, 4.69) is 25.6 Å². The van der Waals surface area contributed by atoms with Crippen molar-refractivity contribution >= 4 is 11.8 Å². The predicted molar refractivity (Wildman–Crippen MR) is 40.3 cm³/mol. The van der Waals surface area contributed by atoms with Crippen molar-refractivity contribution in [2.24, 2.45) is 11.8 Å². The van der Waals surface area contributed by atoms with Crippen LogP contribution in [0.3, 0.4) is 0 Å². The fraction of sp³-hybridized carbons (Fsp3) is 1.00. The lowest BCUT2D eigenvalue weighted by Crippen LogP contribution is -2.14. The van der Waals surface area contributed by atoms with Crippen molar-refractivity contribution in [3.8, 4) is 0 Å². The molecule has 2 atom stereocenters. The molecule has 1 aliphatic rings. The van der Waals surface area contributed by atoms with Crippen LogP contribution >= 0.6 is 11.8 Å². The average molecular weight is 130 g/mol. The number of thioether (sulfide) groups is 1. The van der Waals surface area contributed by atoms with Crippen LogP contribution in [-0.2, 0) is 0 Å². The first kappa shape index (κ1) is 6.47. The van der Waals surface area contributed by atoms with Crippen LogP contribution in [0.5, 0.6) is 0 Å². The lowest BCUT2D eigenvalue weighted by molar-refractivity contribution is 0.465. The van der Waals surface area contributed by atoms with Gasteiger partial charge < -0.3 is 0 Å². The Morgan fingerprint density at radius 1 is 1.12 bits per heavy atom. The van der Waals surface area contributed by atoms with Crippen LogP contribution in [0.1, 0.15) is 20.3 Å². The van der Waals surface area contributed by atoms with Crippen molar-refractivity contribution in [1.82, 2.24) is 0 Å². The topological polar surface area (TPSA) is 0 Å². The van der Waals surface area contributed by atoms with E-state index < -0.39 is 0 Å². The third kappa shape index (κ3) is 1.70. The van der Waals surface area contributed by atoms with E-state index in [9.17, 15) is 0 Å².